The van der Waals surface area contributed by atoms with Crippen molar-refractivity contribution >= 4 is 49.8 Å². The van der Waals surface area contributed by atoms with Gasteiger partial charge in [0.25, 0.3) is 0 Å². The molecule has 10 rings (SSSR count). The number of anilines is 3. The van der Waals surface area contributed by atoms with Crippen molar-refractivity contribution in [1.82, 2.24) is 0 Å². The zero-order valence-electron chi connectivity index (χ0n) is 30.1. The highest BCUT2D eigenvalue weighted by molar-refractivity contribution is 6.08. The number of hydrogen-bond acceptors (Lipinski definition) is 2. The Labute approximate surface area is 300 Å². The average Bonchev–Trinajstić information content (AvgIpc) is 3.63. The molecule has 7 aromatic carbocycles. The number of fused-ring (bicyclic) bond motifs is 11. The molecule has 0 radical (unpaired) electrons. The molecule has 0 spiro atoms. The first kappa shape index (κ1) is 30.2. The third-order valence-corrected chi connectivity index (χ3v) is 12.8. The molecule has 2 nitrogen and oxygen atoms in total. The van der Waals surface area contributed by atoms with Crippen LogP contribution >= 0.6 is 0 Å². The van der Waals surface area contributed by atoms with E-state index in [0.29, 0.717) is 0 Å². The number of hydrogen-bond donors (Lipinski definition) is 0. The maximum atomic E-state index is 6.53. The summed E-state index contributed by atoms with van der Waals surface area (Å²) in [6, 6.07) is 51.6. The second-order valence-electron chi connectivity index (χ2n) is 16.2. The molecule has 2 aliphatic carbocycles. The van der Waals surface area contributed by atoms with E-state index in [4.69, 9.17) is 4.42 Å². The zero-order chi connectivity index (χ0) is 34.9. The summed E-state index contributed by atoms with van der Waals surface area (Å²) in [6.07, 6.45) is 0. The van der Waals surface area contributed by atoms with Gasteiger partial charge in [-0.3, -0.25) is 0 Å². The van der Waals surface area contributed by atoms with E-state index in [1.165, 1.54) is 61.0 Å². The maximum Gasteiger partial charge on any atom is 0.137 e. The summed E-state index contributed by atoms with van der Waals surface area (Å²) in [7, 11) is 0. The van der Waals surface area contributed by atoms with E-state index < -0.39 is 0 Å². The van der Waals surface area contributed by atoms with E-state index in [0.717, 1.165) is 33.3 Å². The van der Waals surface area contributed by atoms with Crippen LogP contribution in [-0.2, 0) is 16.2 Å². The van der Waals surface area contributed by atoms with Crippen LogP contribution in [0, 0.1) is 0 Å². The Kier molecular flexibility index (Phi) is 6.07. The Bertz CT molecular complexity index is 2740. The largest absolute Gasteiger partial charge is 0.456 e. The second-order valence-corrected chi connectivity index (χ2v) is 16.2. The van der Waals surface area contributed by atoms with E-state index in [9.17, 15) is 0 Å². The molecular formula is C49H41NO. The van der Waals surface area contributed by atoms with Crippen molar-refractivity contribution in [2.45, 2.75) is 57.8 Å². The number of rotatable bonds is 3. The number of furan rings is 1. The van der Waals surface area contributed by atoms with Gasteiger partial charge in [0.1, 0.15) is 11.2 Å². The molecule has 2 heteroatoms. The smallest absolute Gasteiger partial charge is 0.137 e. The first-order chi connectivity index (χ1) is 24.6. The summed E-state index contributed by atoms with van der Waals surface area (Å²) in [5.41, 5.74) is 15.7. The minimum atomic E-state index is -0.165. The molecule has 248 valence electrons. The van der Waals surface area contributed by atoms with Gasteiger partial charge in [0.2, 0.25) is 0 Å². The fourth-order valence-corrected chi connectivity index (χ4v) is 9.45. The van der Waals surface area contributed by atoms with Gasteiger partial charge in [-0.2, -0.15) is 0 Å². The molecule has 0 N–H and O–H groups in total. The van der Waals surface area contributed by atoms with Crippen molar-refractivity contribution < 1.29 is 4.42 Å². The van der Waals surface area contributed by atoms with Crippen molar-refractivity contribution in [3.05, 3.63) is 162 Å². The molecule has 0 saturated carbocycles. The number of para-hydroxylation sites is 1. The van der Waals surface area contributed by atoms with Crippen LogP contribution in [0.3, 0.4) is 0 Å². The first-order valence-corrected chi connectivity index (χ1v) is 18.2. The quantitative estimate of drug-likeness (QED) is 0.188. The van der Waals surface area contributed by atoms with Crippen LogP contribution in [0.4, 0.5) is 17.1 Å². The van der Waals surface area contributed by atoms with Gasteiger partial charge in [0, 0.05) is 39.2 Å². The molecule has 1 aromatic heterocycles. The van der Waals surface area contributed by atoms with E-state index in [1.807, 2.05) is 6.07 Å². The molecule has 0 aliphatic heterocycles. The van der Waals surface area contributed by atoms with Gasteiger partial charge in [-0.15, -0.1) is 0 Å². The van der Waals surface area contributed by atoms with Gasteiger partial charge in [0.15, 0.2) is 0 Å². The fourth-order valence-electron chi connectivity index (χ4n) is 9.45. The normalized spacial score (nSPS) is 16.1. The molecular weight excluding hydrogens is 619 g/mol. The molecule has 8 aromatic rings. The number of benzene rings is 7. The average molecular weight is 660 g/mol. The lowest BCUT2D eigenvalue weighted by molar-refractivity contribution is 0.299. The van der Waals surface area contributed by atoms with Gasteiger partial charge in [0.05, 0.1) is 5.69 Å². The Balaban J connectivity index is 1.31. The Morgan fingerprint density at radius 3 is 1.86 bits per heavy atom. The first-order valence-electron chi connectivity index (χ1n) is 18.2. The highest BCUT2D eigenvalue weighted by Gasteiger charge is 2.46. The van der Waals surface area contributed by atoms with Gasteiger partial charge in [-0.1, -0.05) is 139 Å². The molecule has 0 fully saturated rings. The van der Waals surface area contributed by atoms with Crippen LogP contribution in [0.2, 0.25) is 0 Å². The van der Waals surface area contributed by atoms with Crippen LogP contribution in [0.15, 0.2) is 144 Å². The van der Waals surface area contributed by atoms with E-state index in [-0.39, 0.29) is 16.2 Å². The van der Waals surface area contributed by atoms with Crippen molar-refractivity contribution in [3.63, 3.8) is 0 Å². The number of nitrogens with zero attached hydrogens (tertiary/aromatic N) is 1. The molecule has 2 aliphatic rings. The molecule has 0 saturated heterocycles. The lowest BCUT2D eigenvalue weighted by Gasteiger charge is -2.48. The van der Waals surface area contributed by atoms with Crippen molar-refractivity contribution in [2.75, 3.05) is 4.90 Å². The van der Waals surface area contributed by atoms with Gasteiger partial charge in [-0.05, 0) is 96.9 Å². The predicted octanol–water partition coefficient (Wildman–Crippen LogP) is 13.8. The zero-order valence-corrected chi connectivity index (χ0v) is 30.1. The highest BCUT2D eigenvalue weighted by Crippen LogP contribution is 2.58. The Morgan fingerprint density at radius 2 is 1.04 bits per heavy atom. The fraction of sp³-hybridized carbons (Fsp3) is 0.184. The van der Waals surface area contributed by atoms with Crippen LogP contribution < -0.4 is 4.90 Å². The maximum absolute atomic E-state index is 6.53. The molecule has 1 heterocycles. The van der Waals surface area contributed by atoms with Crippen molar-refractivity contribution in [3.8, 4) is 22.3 Å². The monoisotopic (exact) mass is 659 g/mol. The van der Waals surface area contributed by atoms with Gasteiger partial charge >= 0.3 is 0 Å². The summed E-state index contributed by atoms with van der Waals surface area (Å²) in [6.45, 7) is 14.4. The predicted molar refractivity (Wildman–Crippen MR) is 215 cm³/mol. The van der Waals surface area contributed by atoms with Crippen LogP contribution in [0.5, 0.6) is 0 Å². The Hall–Kier alpha value is -5.60. The van der Waals surface area contributed by atoms with Crippen LogP contribution in [-0.4, -0.2) is 0 Å². The van der Waals surface area contributed by atoms with E-state index >= 15 is 0 Å². The Morgan fingerprint density at radius 1 is 0.451 bits per heavy atom. The summed E-state index contributed by atoms with van der Waals surface area (Å²) in [4.78, 5) is 2.50. The van der Waals surface area contributed by atoms with Gasteiger partial charge < -0.3 is 9.32 Å². The highest BCUT2D eigenvalue weighted by atomic mass is 16.3. The topological polar surface area (TPSA) is 16.4 Å². The van der Waals surface area contributed by atoms with E-state index in [2.05, 4.69) is 180 Å². The SMILES string of the molecule is CC1(C)c2ccccc2-c2c(N(c3ccc4c(c3)C(C)(C)C(C)(C)c3ccccc3-4)c3ccc4c(c3)oc3ccccc34)cc3ccccc3c21. The summed E-state index contributed by atoms with van der Waals surface area (Å²) in [5, 5.41) is 4.84. The molecule has 0 unspecified atom stereocenters. The lowest BCUT2D eigenvalue weighted by Crippen LogP contribution is -2.43. The van der Waals surface area contributed by atoms with Crippen molar-refractivity contribution in [1.29, 1.82) is 0 Å². The molecule has 0 bridgehead atoms. The van der Waals surface area contributed by atoms with Crippen LogP contribution in [0.25, 0.3) is 55.0 Å². The summed E-state index contributed by atoms with van der Waals surface area (Å²) < 4.78 is 6.53. The third-order valence-electron chi connectivity index (χ3n) is 12.8. The lowest BCUT2D eigenvalue weighted by atomic mass is 9.55. The molecule has 0 amide bonds. The summed E-state index contributed by atoms with van der Waals surface area (Å²) >= 11 is 0. The minimum Gasteiger partial charge on any atom is -0.456 e. The van der Waals surface area contributed by atoms with Crippen molar-refractivity contribution in [2.24, 2.45) is 0 Å². The standard InChI is InChI=1S/C49H41NO/c1-47(2)39-20-12-10-19-38(39)45-42(27-30-15-7-8-16-33(30)46(45)47)50(32-24-26-37-36-18-11-14-22-43(36)51-44(37)29-32)31-23-25-35-34-17-9-13-21-40(34)48(3,4)49(5,6)41(35)28-31/h7-29H,1-6H3. The second kappa shape index (κ2) is 10.2. The van der Waals surface area contributed by atoms with Gasteiger partial charge in [-0.25, -0.2) is 0 Å². The minimum absolute atomic E-state index is 0.0691. The summed E-state index contributed by atoms with van der Waals surface area (Å²) in [5.74, 6) is 0. The van der Waals surface area contributed by atoms with E-state index in [1.54, 1.807) is 0 Å². The molecule has 51 heavy (non-hydrogen) atoms. The molecule has 0 atom stereocenters. The van der Waals surface area contributed by atoms with Crippen LogP contribution in [0.1, 0.15) is 63.8 Å². The third kappa shape index (κ3) is 3.99.